The molecule has 2 atom stereocenters. The topological polar surface area (TPSA) is 77.2 Å². The first-order chi connectivity index (χ1) is 8.06. The van der Waals surface area contributed by atoms with Crippen molar-refractivity contribution in [2.75, 3.05) is 13.7 Å². The average molecular weight is 330 g/mol. The Morgan fingerprint density at radius 2 is 2.21 bits per heavy atom. The third-order valence-electron chi connectivity index (χ3n) is 2.39. The van der Waals surface area contributed by atoms with Crippen LogP contribution in [0.1, 0.15) is 30.1 Å². The van der Waals surface area contributed by atoms with E-state index in [4.69, 9.17) is 10.5 Å². The molecule has 3 N–H and O–H groups in total. The fourth-order valence-corrected chi connectivity index (χ4v) is 2.21. The molecule has 1 rings (SSSR count). The number of nitrogens with zero attached hydrogens (tertiary/aromatic N) is 1. The lowest BCUT2D eigenvalue weighted by molar-refractivity contribution is -0.124. The Kier molecular flexibility index (Phi) is 11.4. The van der Waals surface area contributed by atoms with Crippen molar-refractivity contribution in [3.63, 3.8) is 0 Å². The molecule has 112 valence electrons. The number of methoxy groups -OCH3 is 1. The van der Waals surface area contributed by atoms with E-state index < -0.39 is 0 Å². The second-order valence-electron chi connectivity index (χ2n) is 3.91. The lowest BCUT2D eigenvalue weighted by Crippen LogP contribution is -2.33. The van der Waals surface area contributed by atoms with Crippen LogP contribution in [-0.2, 0) is 9.53 Å². The van der Waals surface area contributed by atoms with E-state index in [1.165, 1.54) is 0 Å². The van der Waals surface area contributed by atoms with Gasteiger partial charge in [-0.2, -0.15) is 0 Å². The minimum absolute atomic E-state index is 0. The Labute approximate surface area is 130 Å². The smallest absolute Gasteiger partial charge is 0.223 e. The van der Waals surface area contributed by atoms with Gasteiger partial charge in [0.15, 0.2) is 0 Å². The van der Waals surface area contributed by atoms with E-state index in [0.29, 0.717) is 6.54 Å². The van der Waals surface area contributed by atoms with E-state index in [9.17, 15) is 4.79 Å². The van der Waals surface area contributed by atoms with Crippen LogP contribution in [0.2, 0.25) is 0 Å². The van der Waals surface area contributed by atoms with Gasteiger partial charge in [0.2, 0.25) is 5.91 Å². The standard InChI is InChI=1S/C11H19N3O2S.2ClH/c1-7-6-17-11(13-7)8(2)14-10(15)4-9(5-12)16-3;;/h6,8-9H,4-5,12H2,1-3H3,(H,14,15);2*1H. The Morgan fingerprint density at radius 3 is 2.63 bits per heavy atom. The van der Waals surface area contributed by atoms with E-state index in [1.54, 1.807) is 18.4 Å². The van der Waals surface area contributed by atoms with Crippen molar-refractivity contribution in [3.05, 3.63) is 16.1 Å². The van der Waals surface area contributed by atoms with Gasteiger partial charge in [0.1, 0.15) is 5.01 Å². The molecule has 1 heterocycles. The lowest BCUT2D eigenvalue weighted by Gasteiger charge is -2.15. The van der Waals surface area contributed by atoms with Crippen molar-refractivity contribution >= 4 is 42.1 Å². The highest BCUT2D eigenvalue weighted by Gasteiger charge is 2.16. The molecule has 1 amide bonds. The lowest BCUT2D eigenvalue weighted by atomic mass is 10.2. The summed E-state index contributed by atoms with van der Waals surface area (Å²) in [6.07, 6.45) is 0.0575. The second kappa shape index (κ2) is 10.4. The summed E-state index contributed by atoms with van der Waals surface area (Å²) in [5, 5.41) is 5.76. The van der Waals surface area contributed by atoms with Crippen LogP contribution in [0, 0.1) is 6.92 Å². The van der Waals surface area contributed by atoms with Crippen LogP contribution in [-0.4, -0.2) is 30.6 Å². The summed E-state index contributed by atoms with van der Waals surface area (Å²) in [7, 11) is 1.55. The maximum Gasteiger partial charge on any atom is 0.223 e. The van der Waals surface area contributed by atoms with Crippen molar-refractivity contribution in [1.29, 1.82) is 0 Å². The van der Waals surface area contributed by atoms with Gasteiger partial charge in [-0.15, -0.1) is 36.2 Å². The predicted molar refractivity (Wildman–Crippen MR) is 82.4 cm³/mol. The summed E-state index contributed by atoms with van der Waals surface area (Å²) >= 11 is 1.55. The average Bonchev–Trinajstić information content (AvgIpc) is 2.72. The highest BCUT2D eigenvalue weighted by Crippen LogP contribution is 2.17. The number of nitrogens with one attached hydrogen (secondary N) is 1. The van der Waals surface area contributed by atoms with Gasteiger partial charge in [-0.25, -0.2) is 4.98 Å². The van der Waals surface area contributed by atoms with Crippen LogP contribution in [0.3, 0.4) is 0 Å². The fraction of sp³-hybridized carbons (Fsp3) is 0.636. The van der Waals surface area contributed by atoms with Gasteiger partial charge in [0.05, 0.1) is 18.6 Å². The summed E-state index contributed by atoms with van der Waals surface area (Å²) in [4.78, 5) is 16.0. The van der Waals surface area contributed by atoms with Crippen LogP contribution >= 0.6 is 36.2 Å². The maximum atomic E-state index is 11.7. The third-order valence-corrected chi connectivity index (χ3v) is 3.54. The molecule has 5 nitrogen and oxygen atoms in total. The van der Waals surface area contributed by atoms with Crippen LogP contribution in [0.15, 0.2) is 5.38 Å². The minimum Gasteiger partial charge on any atom is -0.380 e. The number of nitrogens with two attached hydrogens (primary N) is 1. The molecule has 1 aromatic rings. The zero-order valence-electron chi connectivity index (χ0n) is 11.2. The highest BCUT2D eigenvalue weighted by molar-refractivity contribution is 7.09. The highest BCUT2D eigenvalue weighted by atomic mass is 35.5. The molecule has 0 saturated heterocycles. The summed E-state index contributed by atoms with van der Waals surface area (Å²) in [5.41, 5.74) is 6.44. The van der Waals surface area contributed by atoms with Gasteiger partial charge in [0, 0.05) is 24.7 Å². The first-order valence-corrected chi connectivity index (χ1v) is 6.39. The van der Waals surface area contributed by atoms with Gasteiger partial charge in [-0.3, -0.25) is 4.79 Å². The number of aromatic nitrogens is 1. The van der Waals surface area contributed by atoms with Crippen LogP contribution in [0.25, 0.3) is 0 Å². The number of carbonyl (C=O) groups is 1. The molecule has 0 spiro atoms. The van der Waals surface area contributed by atoms with E-state index in [-0.39, 0.29) is 49.3 Å². The van der Waals surface area contributed by atoms with Gasteiger partial charge >= 0.3 is 0 Å². The maximum absolute atomic E-state index is 11.7. The molecule has 0 radical (unpaired) electrons. The number of carbonyl (C=O) groups excluding carboxylic acids is 1. The molecule has 0 aliphatic carbocycles. The van der Waals surface area contributed by atoms with E-state index >= 15 is 0 Å². The quantitative estimate of drug-likeness (QED) is 0.834. The van der Waals surface area contributed by atoms with E-state index in [2.05, 4.69) is 10.3 Å². The molecule has 8 heteroatoms. The van der Waals surface area contributed by atoms with Gasteiger partial charge in [-0.1, -0.05) is 0 Å². The Balaban J connectivity index is 0. The largest absolute Gasteiger partial charge is 0.380 e. The number of amides is 1. The number of ether oxygens (including phenoxy) is 1. The van der Waals surface area contributed by atoms with Gasteiger partial charge in [0.25, 0.3) is 0 Å². The molecule has 0 aliphatic heterocycles. The monoisotopic (exact) mass is 329 g/mol. The van der Waals surface area contributed by atoms with Crippen molar-refractivity contribution < 1.29 is 9.53 Å². The minimum atomic E-state index is -0.222. The number of halogens is 2. The van der Waals surface area contributed by atoms with Gasteiger partial charge < -0.3 is 15.8 Å². The Bertz CT molecular complexity index is 373. The summed E-state index contributed by atoms with van der Waals surface area (Å²) in [5.74, 6) is -0.0670. The molecule has 0 saturated carbocycles. The normalized spacial score (nSPS) is 12.8. The fourth-order valence-electron chi connectivity index (χ4n) is 1.40. The van der Waals surface area contributed by atoms with Gasteiger partial charge in [-0.05, 0) is 13.8 Å². The second-order valence-corrected chi connectivity index (χ2v) is 4.80. The molecule has 2 unspecified atom stereocenters. The first kappa shape index (κ1) is 20.9. The van der Waals surface area contributed by atoms with Crippen LogP contribution in [0.4, 0.5) is 0 Å². The summed E-state index contributed by atoms with van der Waals surface area (Å²) < 4.78 is 5.06. The third kappa shape index (κ3) is 7.08. The molecule has 19 heavy (non-hydrogen) atoms. The first-order valence-electron chi connectivity index (χ1n) is 5.51. The molecule has 0 fully saturated rings. The van der Waals surface area contributed by atoms with Crippen molar-refractivity contribution in [2.24, 2.45) is 5.73 Å². The Morgan fingerprint density at radius 1 is 1.58 bits per heavy atom. The number of aryl methyl sites for hydroxylation is 1. The van der Waals surface area contributed by atoms with Crippen molar-refractivity contribution in [1.82, 2.24) is 10.3 Å². The SMILES string of the molecule is COC(CN)CC(=O)NC(C)c1nc(C)cs1.Cl.Cl. The molecule has 0 aliphatic rings. The molecular weight excluding hydrogens is 309 g/mol. The zero-order chi connectivity index (χ0) is 12.8. The number of thiazole rings is 1. The van der Waals surface area contributed by atoms with Crippen LogP contribution < -0.4 is 11.1 Å². The van der Waals surface area contributed by atoms with Crippen molar-refractivity contribution in [2.45, 2.75) is 32.4 Å². The number of hydrogen-bond donors (Lipinski definition) is 2. The number of hydrogen-bond acceptors (Lipinski definition) is 5. The van der Waals surface area contributed by atoms with E-state index in [0.717, 1.165) is 10.7 Å². The molecular formula is C11H21Cl2N3O2S. The van der Waals surface area contributed by atoms with E-state index in [1.807, 2.05) is 19.2 Å². The van der Waals surface area contributed by atoms with Crippen molar-refractivity contribution in [3.8, 4) is 0 Å². The molecule has 0 bridgehead atoms. The van der Waals surface area contributed by atoms with Crippen LogP contribution in [0.5, 0.6) is 0 Å². The summed E-state index contributed by atoms with van der Waals surface area (Å²) in [6, 6.07) is -0.0727. The predicted octanol–water partition coefficient (Wildman–Crippen LogP) is 1.84. The summed E-state index contributed by atoms with van der Waals surface area (Å²) in [6.45, 7) is 4.19. The number of rotatable bonds is 6. The molecule has 0 aromatic carbocycles. The molecule has 1 aromatic heterocycles. The zero-order valence-corrected chi connectivity index (χ0v) is 13.7. The Hall–Kier alpha value is -0.400.